The Labute approximate surface area is 119 Å². The van der Waals surface area contributed by atoms with Crippen LogP contribution in [0.15, 0.2) is 24.3 Å². The summed E-state index contributed by atoms with van der Waals surface area (Å²) in [5.41, 5.74) is 1.42. The van der Waals surface area contributed by atoms with Gasteiger partial charge in [-0.2, -0.15) is 0 Å². The zero-order valence-corrected chi connectivity index (χ0v) is 12.1. The number of carbonyl (C=O) groups excluding carboxylic acids is 1. The number of ether oxygens (including phenoxy) is 2. The predicted octanol–water partition coefficient (Wildman–Crippen LogP) is 2.18. The number of methoxy groups -OCH3 is 1. The van der Waals surface area contributed by atoms with Crippen LogP contribution >= 0.6 is 0 Å². The van der Waals surface area contributed by atoms with Crippen molar-refractivity contribution in [3.05, 3.63) is 35.4 Å². The summed E-state index contributed by atoms with van der Waals surface area (Å²) >= 11 is 0. The molecule has 2 heterocycles. The van der Waals surface area contributed by atoms with E-state index >= 15 is 0 Å². The lowest BCUT2D eigenvalue weighted by Crippen LogP contribution is -2.47. The third kappa shape index (κ3) is 2.13. The molecule has 0 radical (unpaired) electrons. The standard InChI is InChI=1S/C16H21NO3/c1-12(11-19-2)17-9-7-16(8-10-17)14-6-4-3-5-13(14)15(18)20-16/h3-6,12H,7-11H2,1-2H3. The highest BCUT2D eigenvalue weighted by Crippen LogP contribution is 2.44. The number of esters is 1. The molecule has 1 atom stereocenters. The third-order valence-corrected chi connectivity index (χ3v) is 4.56. The Bertz CT molecular complexity index is 506. The van der Waals surface area contributed by atoms with E-state index in [-0.39, 0.29) is 5.97 Å². The highest BCUT2D eigenvalue weighted by atomic mass is 16.6. The molecule has 1 aromatic rings. The zero-order chi connectivity index (χ0) is 14.2. The molecule has 0 aliphatic carbocycles. The van der Waals surface area contributed by atoms with E-state index in [0.29, 0.717) is 6.04 Å². The average molecular weight is 275 g/mol. The first-order valence-electron chi connectivity index (χ1n) is 7.22. The van der Waals surface area contributed by atoms with Crippen molar-refractivity contribution in [2.45, 2.75) is 31.4 Å². The SMILES string of the molecule is COCC(C)N1CCC2(CC1)OC(=O)c1ccccc12. The van der Waals surface area contributed by atoms with Crippen molar-refractivity contribution < 1.29 is 14.3 Å². The van der Waals surface area contributed by atoms with E-state index < -0.39 is 5.60 Å². The van der Waals surface area contributed by atoms with E-state index in [0.717, 1.165) is 43.7 Å². The van der Waals surface area contributed by atoms with Gasteiger partial charge >= 0.3 is 5.97 Å². The summed E-state index contributed by atoms with van der Waals surface area (Å²) in [5.74, 6) is -0.168. The molecule has 4 heteroatoms. The summed E-state index contributed by atoms with van der Waals surface area (Å²) in [6, 6.07) is 8.20. The van der Waals surface area contributed by atoms with Crippen molar-refractivity contribution in [2.75, 3.05) is 26.8 Å². The molecule has 3 rings (SSSR count). The molecule has 20 heavy (non-hydrogen) atoms. The fraction of sp³-hybridized carbons (Fsp3) is 0.562. The number of carbonyl (C=O) groups is 1. The van der Waals surface area contributed by atoms with Crippen LogP contribution in [0.2, 0.25) is 0 Å². The number of hydrogen-bond acceptors (Lipinski definition) is 4. The second-order valence-electron chi connectivity index (χ2n) is 5.77. The maximum atomic E-state index is 12.0. The Kier molecular flexibility index (Phi) is 3.52. The minimum Gasteiger partial charge on any atom is -0.450 e. The van der Waals surface area contributed by atoms with Crippen LogP contribution in [0.25, 0.3) is 0 Å². The molecular formula is C16H21NO3. The number of piperidine rings is 1. The second-order valence-corrected chi connectivity index (χ2v) is 5.77. The lowest BCUT2D eigenvalue weighted by atomic mass is 9.83. The Morgan fingerprint density at radius 3 is 2.75 bits per heavy atom. The first kappa shape index (κ1) is 13.6. The Morgan fingerprint density at radius 1 is 1.35 bits per heavy atom. The molecule has 108 valence electrons. The molecule has 0 bridgehead atoms. The van der Waals surface area contributed by atoms with Gasteiger partial charge in [0, 0.05) is 44.6 Å². The normalized spacial score (nSPS) is 22.6. The largest absolute Gasteiger partial charge is 0.450 e. The first-order chi connectivity index (χ1) is 9.66. The number of hydrogen-bond donors (Lipinski definition) is 0. The smallest absolute Gasteiger partial charge is 0.339 e. The van der Waals surface area contributed by atoms with Gasteiger partial charge in [0.15, 0.2) is 0 Å². The van der Waals surface area contributed by atoms with Crippen molar-refractivity contribution in [3.8, 4) is 0 Å². The van der Waals surface area contributed by atoms with Gasteiger partial charge < -0.3 is 9.47 Å². The predicted molar refractivity (Wildman–Crippen MR) is 75.7 cm³/mol. The van der Waals surface area contributed by atoms with E-state index in [1.165, 1.54) is 0 Å². The van der Waals surface area contributed by atoms with E-state index in [2.05, 4.69) is 11.8 Å². The fourth-order valence-corrected chi connectivity index (χ4v) is 3.39. The maximum Gasteiger partial charge on any atom is 0.339 e. The van der Waals surface area contributed by atoms with Crippen LogP contribution in [0.3, 0.4) is 0 Å². The van der Waals surface area contributed by atoms with Crippen LogP contribution < -0.4 is 0 Å². The first-order valence-corrected chi connectivity index (χ1v) is 7.22. The molecule has 0 N–H and O–H groups in total. The molecule has 1 unspecified atom stereocenters. The van der Waals surface area contributed by atoms with E-state index in [1.807, 2.05) is 24.3 Å². The minimum atomic E-state index is -0.392. The monoisotopic (exact) mass is 275 g/mol. The molecule has 4 nitrogen and oxygen atoms in total. The number of rotatable bonds is 3. The van der Waals surface area contributed by atoms with Gasteiger partial charge in [-0.1, -0.05) is 18.2 Å². The van der Waals surface area contributed by atoms with Gasteiger partial charge in [0.1, 0.15) is 5.60 Å². The van der Waals surface area contributed by atoms with Crippen LogP contribution in [0, 0.1) is 0 Å². The van der Waals surface area contributed by atoms with Crippen molar-refractivity contribution >= 4 is 5.97 Å². The molecule has 1 aromatic carbocycles. The molecule has 0 aromatic heterocycles. The van der Waals surface area contributed by atoms with Gasteiger partial charge in [0.05, 0.1) is 12.2 Å². The third-order valence-electron chi connectivity index (χ3n) is 4.56. The van der Waals surface area contributed by atoms with Crippen molar-refractivity contribution in [2.24, 2.45) is 0 Å². The Balaban J connectivity index is 1.77. The number of nitrogens with zero attached hydrogens (tertiary/aromatic N) is 1. The van der Waals surface area contributed by atoms with E-state index in [9.17, 15) is 4.79 Å². The minimum absolute atomic E-state index is 0.168. The van der Waals surface area contributed by atoms with E-state index in [4.69, 9.17) is 9.47 Å². The highest BCUT2D eigenvalue weighted by Gasteiger charge is 2.47. The van der Waals surface area contributed by atoms with Crippen LogP contribution in [0.1, 0.15) is 35.7 Å². The van der Waals surface area contributed by atoms with Crippen molar-refractivity contribution in [3.63, 3.8) is 0 Å². The number of likely N-dealkylation sites (tertiary alicyclic amines) is 1. The number of fused-ring (bicyclic) bond motifs is 2. The highest BCUT2D eigenvalue weighted by molar-refractivity contribution is 5.94. The molecule has 2 aliphatic heterocycles. The number of benzene rings is 1. The maximum absolute atomic E-state index is 12.0. The zero-order valence-electron chi connectivity index (χ0n) is 12.1. The Hall–Kier alpha value is -1.39. The summed E-state index contributed by atoms with van der Waals surface area (Å²) < 4.78 is 11.0. The lowest BCUT2D eigenvalue weighted by Gasteiger charge is -2.40. The molecule has 1 fully saturated rings. The molecule has 0 saturated carbocycles. The molecule has 2 aliphatic rings. The topological polar surface area (TPSA) is 38.8 Å². The fourth-order valence-electron chi connectivity index (χ4n) is 3.39. The molecule has 1 spiro atoms. The van der Waals surface area contributed by atoms with Gasteiger partial charge in [0.25, 0.3) is 0 Å². The second kappa shape index (κ2) is 5.19. The van der Waals surface area contributed by atoms with E-state index in [1.54, 1.807) is 7.11 Å². The van der Waals surface area contributed by atoms with Crippen LogP contribution in [0.5, 0.6) is 0 Å². The summed E-state index contributed by atoms with van der Waals surface area (Å²) in [4.78, 5) is 14.4. The quantitative estimate of drug-likeness (QED) is 0.793. The van der Waals surface area contributed by atoms with Gasteiger partial charge in [-0.15, -0.1) is 0 Å². The van der Waals surface area contributed by atoms with Gasteiger partial charge in [-0.05, 0) is 13.0 Å². The molecule has 0 amide bonds. The summed E-state index contributed by atoms with van der Waals surface area (Å²) in [6.07, 6.45) is 1.73. The summed E-state index contributed by atoms with van der Waals surface area (Å²) in [6.45, 7) is 4.79. The Morgan fingerprint density at radius 2 is 2.05 bits per heavy atom. The van der Waals surface area contributed by atoms with Crippen molar-refractivity contribution in [1.29, 1.82) is 0 Å². The van der Waals surface area contributed by atoms with Crippen LogP contribution in [-0.2, 0) is 15.1 Å². The average Bonchev–Trinajstić information content (AvgIpc) is 2.74. The van der Waals surface area contributed by atoms with Gasteiger partial charge in [0.2, 0.25) is 0 Å². The van der Waals surface area contributed by atoms with Crippen molar-refractivity contribution in [1.82, 2.24) is 4.90 Å². The summed E-state index contributed by atoms with van der Waals surface area (Å²) in [5, 5.41) is 0. The van der Waals surface area contributed by atoms with Crippen LogP contribution in [-0.4, -0.2) is 43.7 Å². The molecule has 1 saturated heterocycles. The van der Waals surface area contributed by atoms with Crippen LogP contribution in [0.4, 0.5) is 0 Å². The molecular weight excluding hydrogens is 254 g/mol. The summed E-state index contributed by atoms with van der Waals surface area (Å²) in [7, 11) is 1.73. The van der Waals surface area contributed by atoms with Gasteiger partial charge in [-0.25, -0.2) is 4.79 Å². The van der Waals surface area contributed by atoms with Gasteiger partial charge in [-0.3, -0.25) is 4.90 Å². The lowest BCUT2D eigenvalue weighted by molar-refractivity contribution is -0.0525.